The van der Waals surface area contributed by atoms with Gasteiger partial charge in [-0.1, -0.05) is 36.4 Å². The van der Waals surface area contributed by atoms with Crippen LogP contribution in [0.2, 0.25) is 0 Å². The van der Waals surface area contributed by atoms with E-state index in [1.807, 2.05) is 64.7 Å². The lowest BCUT2D eigenvalue weighted by Gasteiger charge is -2.12. The SMILES string of the molecule is CSC1N=[N+](c2ccccc2)N(c2ccccc2)N1. The summed E-state index contributed by atoms with van der Waals surface area (Å²) in [6, 6.07) is 20.3. The number of azo groups is 1. The predicted molar refractivity (Wildman–Crippen MR) is 78.2 cm³/mol. The van der Waals surface area contributed by atoms with Crippen LogP contribution in [0.15, 0.2) is 65.8 Å². The third kappa shape index (κ3) is 2.47. The lowest BCUT2D eigenvalue weighted by atomic mass is 10.3. The van der Waals surface area contributed by atoms with E-state index in [2.05, 4.69) is 22.7 Å². The molecule has 19 heavy (non-hydrogen) atoms. The molecule has 0 radical (unpaired) electrons. The van der Waals surface area contributed by atoms with E-state index in [0.29, 0.717) is 0 Å². The monoisotopic (exact) mass is 271 g/mol. The molecule has 2 aromatic carbocycles. The van der Waals surface area contributed by atoms with E-state index in [4.69, 9.17) is 0 Å². The Kier molecular flexibility index (Phi) is 3.48. The summed E-state index contributed by atoms with van der Waals surface area (Å²) in [7, 11) is 0. The second-order valence-electron chi connectivity index (χ2n) is 4.10. The van der Waals surface area contributed by atoms with E-state index in [9.17, 15) is 0 Å². The lowest BCUT2D eigenvalue weighted by molar-refractivity contribution is -0.517. The third-order valence-electron chi connectivity index (χ3n) is 2.85. The molecule has 0 amide bonds. The van der Waals surface area contributed by atoms with Crippen LogP contribution < -0.4 is 10.5 Å². The van der Waals surface area contributed by atoms with Gasteiger partial charge in [-0.2, -0.15) is 0 Å². The Morgan fingerprint density at radius 2 is 1.68 bits per heavy atom. The largest absolute Gasteiger partial charge is 0.267 e. The molecular formula is C14H15N4S+. The second kappa shape index (κ2) is 5.42. The second-order valence-corrected chi connectivity index (χ2v) is 5.02. The maximum absolute atomic E-state index is 4.65. The van der Waals surface area contributed by atoms with Gasteiger partial charge < -0.3 is 0 Å². The quantitative estimate of drug-likeness (QED) is 0.868. The molecule has 0 fully saturated rings. The third-order valence-corrected chi connectivity index (χ3v) is 3.49. The van der Waals surface area contributed by atoms with Crippen molar-refractivity contribution in [3.63, 3.8) is 0 Å². The smallest absolute Gasteiger partial charge is 0.137 e. The van der Waals surface area contributed by atoms with Gasteiger partial charge in [-0.15, -0.1) is 17.2 Å². The summed E-state index contributed by atoms with van der Waals surface area (Å²) in [5.41, 5.74) is 5.49. The predicted octanol–water partition coefficient (Wildman–Crippen LogP) is 3.37. The number of benzene rings is 2. The van der Waals surface area contributed by atoms with E-state index in [1.165, 1.54) is 0 Å². The van der Waals surface area contributed by atoms with Crippen molar-refractivity contribution in [2.75, 3.05) is 11.4 Å². The van der Waals surface area contributed by atoms with Crippen LogP contribution in [0.3, 0.4) is 0 Å². The van der Waals surface area contributed by atoms with E-state index in [1.54, 1.807) is 11.8 Å². The van der Waals surface area contributed by atoms with Crippen molar-refractivity contribution in [1.82, 2.24) is 5.43 Å². The molecule has 1 aliphatic rings. The van der Waals surface area contributed by atoms with Gasteiger partial charge in [-0.25, -0.2) is 0 Å². The van der Waals surface area contributed by atoms with Crippen molar-refractivity contribution in [3.8, 4) is 0 Å². The number of hydrogen-bond acceptors (Lipinski definition) is 4. The van der Waals surface area contributed by atoms with E-state index < -0.39 is 0 Å². The summed E-state index contributed by atoms with van der Waals surface area (Å²) in [5.74, 6) is 0. The Morgan fingerprint density at radius 1 is 1.05 bits per heavy atom. The van der Waals surface area contributed by atoms with E-state index in [0.717, 1.165) is 11.4 Å². The van der Waals surface area contributed by atoms with Gasteiger partial charge in [0.2, 0.25) is 5.50 Å². The molecule has 1 unspecified atom stereocenters. The van der Waals surface area contributed by atoms with Gasteiger partial charge in [0.1, 0.15) is 5.69 Å². The molecule has 0 saturated carbocycles. The van der Waals surface area contributed by atoms with Crippen LogP contribution in [0.5, 0.6) is 0 Å². The normalized spacial score (nSPS) is 18.5. The molecule has 0 aliphatic carbocycles. The van der Waals surface area contributed by atoms with Crippen LogP contribution in [0.4, 0.5) is 11.4 Å². The maximum atomic E-state index is 4.65. The van der Waals surface area contributed by atoms with Gasteiger partial charge >= 0.3 is 0 Å². The van der Waals surface area contributed by atoms with Crippen LogP contribution >= 0.6 is 11.8 Å². The first kappa shape index (κ1) is 12.2. The number of anilines is 1. The van der Waals surface area contributed by atoms with Crippen LogP contribution in [0, 0.1) is 0 Å². The molecule has 0 bridgehead atoms. The Balaban J connectivity index is 1.99. The van der Waals surface area contributed by atoms with Gasteiger partial charge in [-0.05, 0) is 23.5 Å². The highest BCUT2D eigenvalue weighted by Crippen LogP contribution is 2.25. The average molecular weight is 271 g/mol. The molecule has 1 aliphatic heterocycles. The standard InChI is InChI=1S/C14H15N4S/c1-19-14-15-17(12-8-4-2-5-9-12)18(16-14)13-10-6-3-7-11-13/h2-11,14-15H,1H3/q+1. The Hall–Kier alpha value is -1.85. The van der Waals surface area contributed by atoms with Crippen molar-refractivity contribution < 1.29 is 4.81 Å². The summed E-state index contributed by atoms with van der Waals surface area (Å²) in [6.45, 7) is 0. The number of para-hydroxylation sites is 2. The molecule has 3 rings (SSSR count). The van der Waals surface area contributed by atoms with E-state index >= 15 is 0 Å². The zero-order valence-electron chi connectivity index (χ0n) is 10.6. The summed E-state index contributed by atoms with van der Waals surface area (Å²) < 4.78 is 0. The minimum Gasteiger partial charge on any atom is -0.137 e. The Morgan fingerprint density at radius 3 is 2.32 bits per heavy atom. The van der Waals surface area contributed by atoms with Crippen molar-refractivity contribution in [1.29, 1.82) is 0 Å². The maximum Gasteiger partial charge on any atom is 0.267 e. The van der Waals surface area contributed by atoms with Gasteiger partial charge in [0.05, 0.1) is 4.81 Å². The van der Waals surface area contributed by atoms with Crippen molar-refractivity contribution in [3.05, 3.63) is 60.7 Å². The number of hydrazine groups is 2. The zero-order valence-corrected chi connectivity index (χ0v) is 11.4. The average Bonchev–Trinajstić information content (AvgIpc) is 2.93. The van der Waals surface area contributed by atoms with Gasteiger partial charge in [0.25, 0.3) is 5.69 Å². The highest BCUT2D eigenvalue weighted by Gasteiger charge is 2.34. The summed E-state index contributed by atoms with van der Waals surface area (Å²) >= 11 is 1.67. The molecule has 0 saturated heterocycles. The number of rotatable bonds is 3. The van der Waals surface area contributed by atoms with Crippen molar-refractivity contribution in [2.45, 2.75) is 5.50 Å². The molecule has 96 valence electrons. The highest BCUT2D eigenvalue weighted by molar-refractivity contribution is 7.99. The van der Waals surface area contributed by atoms with Crippen molar-refractivity contribution >= 4 is 23.1 Å². The van der Waals surface area contributed by atoms with Gasteiger partial charge in [0, 0.05) is 17.2 Å². The highest BCUT2D eigenvalue weighted by atomic mass is 32.2. The minimum absolute atomic E-state index is 0.0282. The number of hydrogen-bond donors (Lipinski definition) is 1. The summed E-state index contributed by atoms with van der Waals surface area (Å²) in [6.07, 6.45) is 2.04. The Labute approximate surface area is 116 Å². The van der Waals surface area contributed by atoms with Crippen LogP contribution in [0.1, 0.15) is 0 Å². The van der Waals surface area contributed by atoms with Crippen LogP contribution in [0.25, 0.3) is 0 Å². The zero-order chi connectivity index (χ0) is 13.1. The number of nitrogens with one attached hydrogen (secondary N) is 1. The van der Waals surface area contributed by atoms with Crippen LogP contribution in [-0.2, 0) is 0 Å². The number of nitrogens with zero attached hydrogens (tertiary/aromatic N) is 3. The fraction of sp³-hybridized carbons (Fsp3) is 0.143. The fourth-order valence-electron chi connectivity index (χ4n) is 1.93. The molecule has 0 spiro atoms. The van der Waals surface area contributed by atoms with Gasteiger partial charge in [0.15, 0.2) is 0 Å². The fourth-order valence-corrected chi connectivity index (χ4v) is 2.32. The molecule has 1 atom stereocenters. The molecule has 1 heterocycles. The van der Waals surface area contributed by atoms with Crippen molar-refractivity contribution in [2.24, 2.45) is 5.11 Å². The van der Waals surface area contributed by atoms with E-state index in [-0.39, 0.29) is 5.50 Å². The summed E-state index contributed by atoms with van der Waals surface area (Å²) in [4.78, 5) is 1.90. The first-order valence-electron chi connectivity index (χ1n) is 6.08. The molecule has 5 heteroatoms. The van der Waals surface area contributed by atoms with Crippen LogP contribution in [-0.4, -0.2) is 16.6 Å². The molecule has 1 N–H and O–H groups in total. The molecule has 0 aromatic heterocycles. The lowest BCUT2D eigenvalue weighted by Crippen LogP contribution is -2.39. The molecular weight excluding hydrogens is 256 g/mol. The Bertz CT molecular complexity index is 571. The first-order chi connectivity index (χ1) is 9.38. The first-order valence-corrected chi connectivity index (χ1v) is 7.37. The summed E-state index contributed by atoms with van der Waals surface area (Å²) in [5, 5.41) is 6.61. The molecule has 2 aromatic rings. The van der Waals surface area contributed by atoms with Gasteiger partial charge in [-0.3, -0.25) is 0 Å². The number of thioether (sulfide) groups is 1. The topological polar surface area (TPSA) is 30.6 Å². The minimum atomic E-state index is 0.0282. The molecule has 4 nitrogen and oxygen atoms in total.